The molecule has 0 bridgehead atoms. The van der Waals surface area contributed by atoms with Gasteiger partial charge in [0.2, 0.25) is 5.91 Å². The third kappa shape index (κ3) is 2.68. The number of anilines is 2. The number of benzene rings is 2. The molecule has 1 aliphatic rings. The highest BCUT2D eigenvalue weighted by molar-refractivity contribution is 9.10. The first-order chi connectivity index (χ1) is 10.1. The van der Waals surface area contributed by atoms with Gasteiger partial charge in [-0.25, -0.2) is 0 Å². The summed E-state index contributed by atoms with van der Waals surface area (Å²) in [6, 6.07) is 12.1. The Kier molecular flexibility index (Phi) is 3.72. The first-order valence-corrected chi connectivity index (χ1v) is 7.76. The Labute approximate surface area is 132 Å². The molecule has 1 amide bonds. The SMILES string of the molecule is Cc1cc(C)c(NC(=O)C2CNc3ccccc32)c(Br)c1. The van der Waals surface area contributed by atoms with Gasteiger partial charge in [-0.3, -0.25) is 4.79 Å². The highest BCUT2D eigenvalue weighted by atomic mass is 79.9. The first kappa shape index (κ1) is 14.1. The van der Waals surface area contributed by atoms with Crippen molar-refractivity contribution in [2.45, 2.75) is 19.8 Å². The van der Waals surface area contributed by atoms with Gasteiger partial charge in [-0.2, -0.15) is 0 Å². The molecule has 0 fully saturated rings. The van der Waals surface area contributed by atoms with Crippen LogP contribution in [0.15, 0.2) is 40.9 Å². The molecule has 1 unspecified atom stereocenters. The topological polar surface area (TPSA) is 41.1 Å². The molecular formula is C17H17BrN2O. The van der Waals surface area contributed by atoms with Gasteiger partial charge in [-0.15, -0.1) is 0 Å². The van der Waals surface area contributed by atoms with Gasteiger partial charge in [0, 0.05) is 16.7 Å². The first-order valence-electron chi connectivity index (χ1n) is 6.96. The molecule has 108 valence electrons. The maximum absolute atomic E-state index is 12.6. The molecule has 1 aliphatic heterocycles. The van der Waals surface area contributed by atoms with Crippen molar-refractivity contribution in [3.05, 3.63) is 57.6 Å². The second-order valence-electron chi connectivity index (χ2n) is 5.45. The standard InChI is InChI=1S/C17H17BrN2O/c1-10-7-11(2)16(14(18)8-10)20-17(21)13-9-19-15-6-4-3-5-12(13)15/h3-8,13,19H,9H2,1-2H3,(H,20,21). The van der Waals surface area contributed by atoms with Crippen LogP contribution in [0.1, 0.15) is 22.6 Å². The lowest BCUT2D eigenvalue weighted by Crippen LogP contribution is -2.23. The number of hydrogen-bond acceptors (Lipinski definition) is 2. The highest BCUT2D eigenvalue weighted by Crippen LogP contribution is 2.34. The molecule has 4 heteroatoms. The average molecular weight is 345 g/mol. The summed E-state index contributed by atoms with van der Waals surface area (Å²) in [5, 5.41) is 6.35. The van der Waals surface area contributed by atoms with E-state index in [2.05, 4.69) is 32.6 Å². The second kappa shape index (κ2) is 5.53. The van der Waals surface area contributed by atoms with E-state index in [0.717, 1.165) is 27.0 Å². The molecule has 3 rings (SSSR count). The molecule has 0 spiro atoms. The molecule has 0 aromatic heterocycles. The molecule has 0 saturated heterocycles. The van der Waals surface area contributed by atoms with Crippen molar-refractivity contribution in [3.8, 4) is 0 Å². The van der Waals surface area contributed by atoms with Crippen LogP contribution in [-0.2, 0) is 4.79 Å². The highest BCUT2D eigenvalue weighted by Gasteiger charge is 2.28. The van der Waals surface area contributed by atoms with Crippen molar-refractivity contribution < 1.29 is 4.79 Å². The summed E-state index contributed by atoms with van der Waals surface area (Å²) >= 11 is 3.54. The van der Waals surface area contributed by atoms with E-state index in [9.17, 15) is 4.79 Å². The Bertz CT molecular complexity index is 689. The largest absolute Gasteiger partial charge is 0.384 e. The van der Waals surface area contributed by atoms with Gasteiger partial charge in [-0.1, -0.05) is 24.3 Å². The minimum Gasteiger partial charge on any atom is -0.384 e. The normalized spacial score (nSPS) is 16.2. The molecule has 1 heterocycles. The number of hydrogen-bond donors (Lipinski definition) is 2. The minimum absolute atomic E-state index is 0.0279. The summed E-state index contributed by atoms with van der Waals surface area (Å²) in [6.45, 7) is 4.70. The molecule has 3 nitrogen and oxygen atoms in total. The fourth-order valence-corrected chi connectivity index (χ4v) is 3.58. The fraction of sp³-hybridized carbons (Fsp3) is 0.235. The Morgan fingerprint density at radius 1 is 1.29 bits per heavy atom. The molecule has 1 atom stereocenters. The third-order valence-corrected chi connectivity index (χ3v) is 4.45. The van der Waals surface area contributed by atoms with Crippen molar-refractivity contribution in [2.75, 3.05) is 17.2 Å². The number of fused-ring (bicyclic) bond motifs is 1. The van der Waals surface area contributed by atoms with Crippen LogP contribution in [0.3, 0.4) is 0 Å². The van der Waals surface area contributed by atoms with Gasteiger partial charge in [-0.05, 0) is 58.6 Å². The lowest BCUT2D eigenvalue weighted by Gasteiger charge is -2.15. The van der Waals surface area contributed by atoms with Crippen LogP contribution in [-0.4, -0.2) is 12.5 Å². The molecule has 0 radical (unpaired) electrons. The molecular weight excluding hydrogens is 328 g/mol. The van der Waals surface area contributed by atoms with Gasteiger partial charge in [0.05, 0.1) is 11.6 Å². The predicted octanol–water partition coefficient (Wildman–Crippen LogP) is 4.21. The van der Waals surface area contributed by atoms with E-state index < -0.39 is 0 Å². The Hall–Kier alpha value is -1.81. The molecule has 0 saturated carbocycles. The van der Waals surface area contributed by atoms with E-state index in [1.807, 2.05) is 44.2 Å². The fourth-order valence-electron chi connectivity index (χ4n) is 2.80. The minimum atomic E-state index is -0.145. The summed E-state index contributed by atoms with van der Waals surface area (Å²) in [5.41, 5.74) is 5.21. The van der Waals surface area contributed by atoms with Crippen LogP contribution >= 0.6 is 15.9 Å². The zero-order valence-electron chi connectivity index (χ0n) is 12.0. The van der Waals surface area contributed by atoms with Gasteiger partial charge >= 0.3 is 0 Å². The van der Waals surface area contributed by atoms with E-state index in [1.165, 1.54) is 5.56 Å². The average Bonchev–Trinajstić information content (AvgIpc) is 2.86. The van der Waals surface area contributed by atoms with Crippen molar-refractivity contribution in [1.29, 1.82) is 0 Å². The van der Waals surface area contributed by atoms with Gasteiger partial charge in [0.1, 0.15) is 0 Å². The van der Waals surface area contributed by atoms with E-state index in [-0.39, 0.29) is 11.8 Å². The van der Waals surface area contributed by atoms with E-state index in [0.29, 0.717) is 6.54 Å². The van der Waals surface area contributed by atoms with Crippen molar-refractivity contribution in [3.63, 3.8) is 0 Å². The predicted molar refractivity (Wildman–Crippen MR) is 89.9 cm³/mol. The lowest BCUT2D eigenvalue weighted by molar-refractivity contribution is -0.117. The molecule has 2 aromatic carbocycles. The van der Waals surface area contributed by atoms with Crippen LogP contribution in [0, 0.1) is 13.8 Å². The van der Waals surface area contributed by atoms with Crippen LogP contribution in [0.5, 0.6) is 0 Å². The second-order valence-corrected chi connectivity index (χ2v) is 6.30. The quantitative estimate of drug-likeness (QED) is 0.856. The van der Waals surface area contributed by atoms with Crippen LogP contribution < -0.4 is 10.6 Å². The maximum Gasteiger partial charge on any atom is 0.233 e. The summed E-state index contributed by atoms with van der Waals surface area (Å²) in [7, 11) is 0. The zero-order valence-corrected chi connectivity index (χ0v) is 13.6. The number of nitrogens with one attached hydrogen (secondary N) is 2. The summed E-state index contributed by atoms with van der Waals surface area (Å²) in [6.07, 6.45) is 0. The number of carbonyl (C=O) groups is 1. The van der Waals surface area contributed by atoms with E-state index >= 15 is 0 Å². The third-order valence-electron chi connectivity index (χ3n) is 3.83. The number of amides is 1. The number of carbonyl (C=O) groups excluding carboxylic acids is 1. The lowest BCUT2D eigenvalue weighted by atomic mass is 10.00. The van der Waals surface area contributed by atoms with Gasteiger partial charge in [0.25, 0.3) is 0 Å². The van der Waals surface area contributed by atoms with E-state index in [1.54, 1.807) is 0 Å². The molecule has 21 heavy (non-hydrogen) atoms. The number of halogens is 1. The van der Waals surface area contributed by atoms with Crippen LogP contribution in [0.4, 0.5) is 11.4 Å². The van der Waals surface area contributed by atoms with Gasteiger partial charge in [0.15, 0.2) is 0 Å². The Morgan fingerprint density at radius 3 is 2.81 bits per heavy atom. The van der Waals surface area contributed by atoms with Gasteiger partial charge < -0.3 is 10.6 Å². The van der Waals surface area contributed by atoms with E-state index in [4.69, 9.17) is 0 Å². The van der Waals surface area contributed by atoms with Crippen molar-refractivity contribution >= 4 is 33.2 Å². The maximum atomic E-state index is 12.6. The number of aryl methyl sites for hydroxylation is 2. The summed E-state index contributed by atoms with van der Waals surface area (Å²) < 4.78 is 0.924. The molecule has 2 N–H and O–H groups in total. The Balaban J connectivity index is 1.86. The molecule has 2 aromatic rings. The van der Waals surface area contributed by atoms with Crippen molar-refractivity contribution in [2.24, 2.45) is 0 Å². The number of para-hydroxylation sites is 1. The summed E-state index contributed by atoms with van der Waals surface area (Å²) in [4.78, 5) is 12.6. The summed E-state index contributed by atoms with van der Waals surface area (Å²) in [5.74, 6) is -0.117. The monoisotopic (exact) mass is 344 g/mol. The zero-order chi connectivity index (χ0) is 15.0. The molecule has 0 aliphatic carbocycles. The number of rotatable bonds is 2. The van der Waals surface area contributed by atoms with Crippen LogP contribution in [0.2, 0.25) is 0 Å². The smallest absolute Gasteiger partial charge is 0.233 e. The van der Waals surface area contributed by atoms with Crippen LogP contribution in [0.25, 0.3) is 0 Å². The Morgan fingerprint density at radius 2 is 2.05 bits per heavy atom. The van der Waals surface area contributed by atoms with Crippen molar-refractivity contribution in [1.82, 2.24) is 0 Å².